The topological polar surface area (TPSA) is 80.9 Å². The molecule has 0 saturated heterocycles. The SMILES string of the molecule is Nc1nc(SCC(=O)Nc2cccc3ccccc23)nc2sc3c(c12)C[C@@H](c1ccccc1)S[C@H]3c1ccccc1. The van der Waals surface area contributed by atoms with Crippen molar-refractivity contribution in [3.63, 3.8) is 0 Å². The van der Waals surface area contributed by atoms with Crippen molar-refractivity contribution in [3.8, 4) is 0 Å². The van der Waals surface area contributed by atoms with Crippen LogP contribution in [0.3, 0.4) is 0 Å². The van der Waals surface area contributed by atoms with Crippen LogP contribution in [-0.4, -0.2) is 21.6 Å². The summed E-state index contributed by atoms with van der Waals surface area (Å²) >= 11 is 5.00. The zero-order chi connectivity index (χ0) is 27.8. The zero-order valence-electron chi connectivity index (χ0n) is 22.0. The molecule has 0 radical (unpaired) electrons. The van der Waals surface area contributed by atoms with Gasteiger partial charge in [0.15, 0.2) is 5.16 Å². The molecule has 202 valence electrons. The average molecular weight is 591 g/mol. The number of thioether (sulfide) groups is 2. The van der Waals surface area contributed by atoms with Gasteiger partial charge in [-0.05, 0) is 34.6 Å². The Kier molecular flexibility index (Phi) is 7.12. The monoisotopic (exact) mass is 590 g/mol. The molecule has 0 spiro atoms. The summed E-state index contributed by atoms with van der Waals surface area (Å²) in [5.74, 6) is 0.568. The summed E-state index contributed by atoms with van der Waals surface area (Å²) in [6.45, 7) is 0. The van der Waals surface area contributed by atoms with Crippen molar-refractivity contribution in [1.29, 1.82) is 0 Å². The first-order valence-corrected chi connectivity index (χ1v) is 16.1. The highest BCUT2D eigenvalue weighted by atomic mass is 32.2. The van der Waals surface area contributed by atoms with Crippen LogP contribution in [-0.2, 0) is 11.2 Å². The molecule has 7 rings (SSSR count). The summed E-state index contributed by atoms with van der Waals surface area (Å²) in [5, 5.41) is 7.11. The lowest BCUT2D eigenvalue weighted by molar-refractivity contribution is -0.113. The molecule has 3 N–H and O–H groups in total. The summed E-state index contributed by atoms with van der Waals surface area (Å²) in [6, 6.07) is 35.3. The number of nitrogens with one attached hydrogen (secondary N) is 1. The fourth-order valence-electron chi connectivity index (χ4n) is 5.39. The minimum atomic E-state index is -0.106. The Morgan fingerprint density at radius 2 is 1.59 bits per heavy atom. The number of nitrogen functional groups attached to an aromatic ring is 1. The van der Waals surface area contributed by atoms with Crippen molar-refractivity contribution in [2.75, 3.05) is 16.8 Å². The van der Waals surface area contributed by atoms with Crippen LogP contribution in [0, 0.1) is 0 Å². The molecule has 4 aromatic carbocycles. The normalized spacial score (nSPS) is 16.5. The number of aromatic nitrogens is 2. The molecule has 6 aromatic rings. The second kappa shape index (κ2) is 11.2. The summed E-state index contributed by atoms with van der Waals surface area (Å²) in [6.07, 6.45) is 0.876. The number of benzene rings is 4. The predicted octanol–water partition coefficient (Wildman–Crippen LogP) is 8.28. The molecule has 41 heavy (non-hydrogen) atoms. The minimum Gasteiger partial charge on any atom is -0.383 e. The van der Waals surface area contributed by atoms with E-state index in [4.69, 9.17) is 10.7 Å². The van der Waals surface area contributed by atoms with Crippen molar-refractivity contribution < 1.29 is 4.79 Å². The molecule has 0 saturated carbocycles. The Morgan fingerprint density at radius 3 is 2.39 bits per heavy atom. The maximum Gasteiger partial charge on any atom is 0.234 e. The molecule has 0 bridgehead atoms. The van der Waals surface area contributed by atoms with Crippen LogP contribution >= 0.6 is 34.9 Å². The van der Waals surface area contributed by atoms with E-state index in [2.05, 4.69) is 71.0 Å². The van der Waals surface area contributed by atoms with E-state index < -0.39 is 0 Å². The van der Waals surface area contributed by atoms with Crippen LogP contribution in [0.5, 0.6) is 0 Å². The first-order valence-electron chi connectivity index (χ1n) is 13.4. The van der Waals surface area contributed by atoms with E-state index in [1.807, 2.05) is 54.2 Å². The summed E-state index contributed by atoms with van der Waals surface area (Å²) < 4.78 is 0. The largest absolute Gasteiger partial charge is 0.383 e. The van der Waals surface area contributed by atoms with E-state index in [0.717, 1.165) is 33.1 Å². The lowest BCUT2D eigenvalue weighted by atomic mass is 9.98. The number of carbonyl (C=O) groups is 1. The fraction of sp³-hybridized carbons (Fsp3) is 0.121. The standard InChI is InChI=1S/C33H26N4OS3/c34-31-28-24-18-26(21-11-3-1-4-12-21)40-29(22-13-5-2-6-14-22)30(24)41-32(28)37-33(36-31)39-19-27(38)35-25-17-9-15-20-10-7-8-16-23(20)25/h1-17,26,29H,18-19H2,(H,35,38)(H2,34,36,37)/t26-,29-/m0/s1. The summed E-state index contributed by atoms with van der Waals surface area (Å²) in [4.78, 5) is 24.6. The molecule has 0 aliphatic carbocycles. The molecular weight excluding hydrogens is 565 g/mol. The van der Waals surface area contributed by atoms with Crippen molar-refractivity contribution in [2.45, 2.75) is 22.1 Å². The minimum absolute atomic E-state index is 0.106. The van der Waals surface area contributed by atoms with E-state index in [0.29, 0.717) is 16.2 Å². The van der Waals surface area contributed by atoms with Gasteiger partial charge in [-0.2, -0.15) is 0 Å². The van der Waals surface area contributed by atoms with Crippen LogP contribution in [0.15, 0.2) is 108 Å². The van der Waals surface area contributed by atoms with Gasteiger partial charge in [-0.15, -0.1) is 23.1 Å². The second-order valence-electron chi connectivity index (χ2n) is 9.91. The Bertz CT molecular complexity index is 1870. The van der Waals surface area contributed by atoms with E-state index in [-0.39, 0.29) is 16.9 Å². The Morgan fingerprint density at radius 1 is 0.878 bits per heavy atom. The molecule has 2 atom stereocenters. The molecule has 0 unspecified atom stereocenters. The summed E-state index contributed by atoms with van der Waals surface area (Å²) in [5.41, 5.74) is 11.3. The average Bonchev–Trinajstić information content (AvgIpc) is 3.39. The van der Waals surface area contributed by atoms with E-state index in [1.54, 1.807) is 11.3 Å². The fourth-order valence-corrected chi connectivity index (χ4v) is 9.12. The van der Waals surface area contributed by atoms with Gasteiger partial charge in [-0.25, -0.2) is 9.97 Å². The molecule has 3 heterocycles. The first kappa shape index (κ1) is 26.1. The van der Waals surface area contributed by atoms with Crippen LogP contribution < -0.4 is 11.1 Å². The highest BCUT2D eigenvalue weighted by Gasteiger charge is 2.34. The van der Waals surface area contributed by atoms with Gasteiger partial charge in [-0.1, -0.05) is 109 Å². The van der Waals surface area contributed by atoms with Gasteiger partial charge < -0.3 is 11.1 Å². The van der Waals surface area contributed by atoms with Crippen molar-refractivity contribution in [3.05, 3.63) is 125 Å². The highest BCUT2D eigenvalue weighted by Crippen LogP contribution is 2.55. The molecule has 1 aliphatic heterocycles. The number of amides is 1. The number of nitrogens with zero attached hydrogens (tertiary/aromatic N) is 2. The van der Waals surface area contributed by atoms with Crippen LogP contribution in [0.2, 0.25) is 0 Å². The molecule has 0 fully saturated rings. The predicted molar refractivity (Wildman–Crippen MR) is 174 cm³/mol. The molecule has 8 heteroatoms. The molecule has 5 nitrogen and oxygen atoms in total. The Labute approximate surface area is 250 Å². The first-order chi connectivity index (χ1) is 20.1. The van der Waals surface area contributed by atoms with Gasteiger partial charge in [0.2, 0.25) is 5.91 Å². The number of nitrogens with two attached hydrogens (primary N) is 1. The van der Waals surface area contributed by atoms with E-state index in [1.165, 1.54) is 33.3 Å². The van der Waals surface area contributed by atoms with Crippen molar-refractivity contribution in [1.82, 2.24) is 9.97 Å². The van der Waals surface area contributed by atoms with Crippen LogP contribution in [0.25, 0.3) is 21.0 Å². The number of hydrogen-bond acceptors (Lipinski definition) is 7. The number of anilines is 2. The van der Waals surface area contributed by atoms with Crippen LogP contribution in [0.1, 0.15) is 32.1 Å². The molecule has 1 aliphatic rings. The quantitative estimate of drug-likeness (QED) is 0.150. The van der Waals surface area contributed by atoms with Crippen LogP contribution in [0.4, 0.5) is 11.5 Å². The van der Waals surface area contributed by atoms with Gasteiger partial charge in [0.25, 0.3) is 0 Å². The molecule has 2 aromatic heterocycles. The van der Waals surface area contributed by atoms with E-state index in [9.17, 15) is 4.79 Å². The third-order valence-corrected chi connectivity index (χ3v) is 11.0. The Hall–Kier alpha value is -3.85. The number of fused-ring (bicyclic) bond motifs is 4. The number of hydrogen-bond donors (Lipinski definition) is 2. The zero-order valence-corrected chi connectivity index (χ0v) is 24.4. The maximum absolute atomic E-state index is 12.9. The lowest BCUT2D eigenvalue weighted by Gasteiger charge is -2.30. The molecule has 1 amide bonds. The van der Waals surface area contributed by atoms with Crippen molar-refractivity contribution >= 4 is 73.3 Å². The highest BCUT2D eigenvalue weighted by molar-refractivity contribution is 8.00. The number of thiophene rings is 1. The van der Waals surface area contributed by atoms with Gasteiger partial charge in [-0.3, -0.25) is 4.79 Å². The Balaban J connectivity index is 1.17. The molecular formula is C33H26N4OS3. The summed E-state index contributed by atoms with van der Waals surface area (Å²) in [7, 11) is 0. The van der Waals surface area contributed by atoms with Crippen molar-refractivity contribution in [2.24, 2.45) is 0 Å². The van der Waals surface area contributed by atoms with Gasteiger partial charge >= 0.3 is 0 Å². The maximum atomic E-state index is 12.9. The van der Waals surface area contributed by atoms with Gasteiger partial charge in [0.1, 0.15) is 10.6 Å². The lowest BCUT2D eigenvalue weighted by Crippen LogP contribution is -2.14. The number of carbonyl (C=O) groups excluding carboxylic acids is 1. The third kappa shape index (κ3) is 5.19. The smallest absolute Gasteiger partial charge is 0.234 e. The second-order valence-corrected chi connectivity index (χ2v) is 13.2. The van der Waals surface area contributed by atoms with Gasteiger partial charge in [0, 0.05) is 21.2 Å². The number of rotatable bonds is 6. The van der Waals surface area contributed by atoms with E-state index >= 15 is 0 Å². The third-order valence-electron chi connectivity index (χ3n) is 7.29. The van der Waals surface area contributed by atoms with Gasteiger partial charge in [0.05, 0.1) is 16.4 Å².